The second-order valence-electron chi connectivity index (χ2n) is 6.01. The van der Waals surface area contributed by atoms with Crippen molar-refractivity contribution in [2.24, 2.45) is 0 Å². The van der Waals surface area contributed by atoms with Crippen molar-refractivity contribution < 1.29 is 4.79 Å². The van der Waals surface area contributed by atoms with Crippen LogP contribution in [0.4, 0.5) is 11.6 Å². The smallest absolute Gasteiger partial charge is 0.272 e. The Morgan fingerprint density at radius 3 is 2.31 bits per heavy atom. The maximum atomic E-state index is 12.9. The predicted molar refractivity (Wildman–Crippen MR) is 103 cm³/mol. The third-order valence-electron chi connectivity index (χ3n) is 3.99. The van der Waals surface area contributed by atoms with Gasteiger partial charge < -0.3 is 10.2 Å². The molecule has 3 aromatic rings. The molecule has 1 heterocycles. The lowest BCUT2D eigenvalue weighted by Crippen LogP contribution is -2.31. The van der Waals surface area contributed by atoms with E-state index in [1.165, 1.54) is 0 Å². The Hall–Kier alpha value is -3.21. The molecule has 0 aliphatic rings. The van der Waals surface area contributed by atoms with Gasteiger partial charge in [-0.2, -0.15) is 0 Å². The summed E-state index contributed by atoms with van der Waals surface area (Å²) in [5.41, 5.74) is 3.12. The zero-order valence-corrected chi connectivity index (χ0v) is 15.0. The lowest BCUT2D eigenvalue weighted by atomic mass is 10.2. The third-order valence-corrected chi connectivity index (χ3v) is 3.99. The van der Waals surface area contributed by atoms with Crippen LogP contribution in [0, 0.1) is 6.92 Å². The third kappa shape index (κ3) is 4.45. The zero-order chi connectivity index (χ0) is 18.4. The molecule has 0 spiro atoms. The number of carbonyl (C=O) groups is 1. The summed E-state index contributed by atoms with van der Waals surface area (Å²) in [5, 5.41) is 3.15. The number of benzene rings is 2. The molecule has 3 rings (SSSR count). The van der Waals surface area contributed by atoms with Gasteiger partial charge in [-0.15, -0.1) is 0 Å². The second-order valence-corrected chi connectivity index (χ2v) is 6.01. The van der Waals surface area contributed by atoms with Gasteiger partial charge in [-0.25, -0.2) is 9.97 Å². The highest BCUT2D eigenvalue weighted by molar-refractivity contribution is 5.92. The van der Waals surface area contributed by atoms with Crippen molar-refractivity contribution in [1.82, 2.24) is 14.9 Å². The summed E-state index contributed by atoms with van der Waals surface area (Å²) in [4.78, 5) is 23.5. The molecule has 26 heavy (non-hydrogen) atoms. The van der Waals surface area contributed by atoms with Crippen molar-refractivity contribution in [3.8, 4) is 0 Å². The number of aryl methyl sites for hydroxylation is 1. The zero-order valence-electron chi connectivity index (χ0n) is 15.0. The number of carbonyl (C=O) groups excluding carboxylic acids is 1. The topological polar surface area (TPSA) is 58.1 Å². The Bertz CT molecular complexity index is 866. The molecule has 0 bridgehead atoms. The first-order valence-electron chi connectivity index (χ1n) is 8.66. The second kappa shape index (κ2) is 8.25. The van der Waals surface area contributed by atoms with E-state index in [9.17, 15) is 4.79 Å². The van der Waals surface area contributed by atoms with E-state index >= 15 is 0 Å². The quantitative estimate of drug-likeness (QED) is 0.727. The van der Waals surface area contributed by atoms with Crippen LogP contribution in [0.25, 0.3) is 0 Å². The van der Waals surface area contributed by atoms with Crippen molar-refractivity contribution in [3.63, 3.8) is 0 Å². The van der Waals surface area contributed by atoms with E-state index in [1.54, 1.807) is 11.0 Å². The Morgan fingerprint density at radius 2 is 1.65 bits per heavy atom. The van der Waals surface area contributed by atoms with Gasteiger partial charge in [0.1, 0.15) is 5.69 Å². The molecular formula is C21H22N4O. The largest absolute Gasteiger partial charge is 0.333 e. The number of hydrogen-bond donors (Lipinski definition) is 1. The molecule has 1 amide bonds. The first-order valence-corrected chi connectivity index (χ1v) is 8.66. The maximum Gasteiger partial charge on any atom is 0.272 e. The van der Waals surface area contributed by atoms with E-state index in [0.717, 1.165) is 16.9 Å². The molecule has 0 aliphatic heterocycles. The minimum atomic E-state index is -0.0991. The van der Waals surface area contributed by atoms with Gasteiger partial charge in [-0.1, -0.05) is 48.5 Å². The van der Waals surface area contributed by atoms with Crippen molar-refractivity contribution >= 4 is 17.5 Å². The molecule has 0 saturated carbocycles. The van der Waals surface area contributed by atoms with Crippen LogP contribution in [-0.4, -0.2) is 27.3 Å². The number of hydrogen-bond acceptors (Lipinski definition) is 4. The molecule has 0 fully saturated rings. The molecular weight excluding hydrogens is 324 g/mol. The first-order chi connectivity index (χ1) is 12.7. The van der Waals surface area contributed by atoms with E-state index in [2.05, 4.69) is 15.3 Å². The Kier molecular flexibility index (Phi) is 5.59. The molecule has 0 aliphatic carbocycles. The van der Waals surface area contributed by atoms with E-state index in [0.29, 0.717) is 24.7 Å². The number of nitrogens with one attached hydrogen (secondary N) is 1. The summed E-state index contributed by atoms with van der Waals surface area (Å²) in [7, 11) is 0. The highest BCUT2D eigenvalue weighted by atomic mass is 16.2. The summed E-state index contributed by atoms with van der Waals surface area (Å²) in [6.45, 7) is 5.00. The first kappa shape index (κ1) is 17.6. The van der Waals surface area contributed by atoms with Gasteiger partial charge >= 0.3 is 0 Å². The molecule has 0 radical (unpaired) electrons. The number of amides is 1. The Labute approximate surface area is 153 Å². The van der Waals surface area contributed by atoms with Gasteiger partial charge in [0, 0.05) is 24.5 Å². The molecule has 2 aromatic carbocycles. The van der Waals surface area contributed by atoms with Crippen LogP contribution in [0.1, 0.15) is 28.7 Å². The normalized spacial score (nSPS) is 10.4. The fourth-order valence-electron chi connectivity index (χ4n) is 2.68. The van der Waals surface area contributed by atoms with E-state index in [4.69, 9.17) is 0 Å². The van der Waals surface area contributed by atoms with Crippen molar-refractivity contribution in [1.29, 1.82) is 0 Å². The molecule has 0 saturated heterocycles. The predicted octanol–water partition coefficient (Wildman–Crippen LogP) is 4.19. The maximum absolute atomic E-state index is 12.9. The molecule has 132 valence electrons. The fraction of sp³-hybridized carbons (Fsp3) is 0.190. The number of anilines is 2. The molecule has 0 atom stereocenters. The van der Waals surface area contributed by atoms with Crippen LogP contribution < -0.4 is 5.32 Å². The van der Waals surface area contributed by atoms with Crippen molar-refractivity contribution in [2.75, 3.05) is 11.9 Å². The summed E-state index contributed by atoms with van der Waals surface area (Å²) < 4.78 is 0. The molecule has 1 N–H and O–H groups in total. The average molecular weight is 346 g/mol. The number of nitrogens with zero attached hydrogens (tertiary/aromatic N) is 3. The van der Waals surface area contributed by atoms with E-state index in [1.807, 2.05) is 74.5 Å². The molecule has 0 unspecified atom stereocenters. The van der Waals surface area contributed by atoms with Crippen LogP contribution in [0.2, 0.25) is 0 Å². The van der Waals surface area contributed by atoms with Gasteiger partial charge in [0.25, 0.3) is 5.91 Å². The van der Waals surface area contributed by atoms with Crippen LogP contribution in [0.3, 0.4) is 0 Å². The summed E-state index contributed by atoms with van der Waals surface area (Å²) in [5.74, 6) is 0.327. The molecule has 5 heteroatoms. The van der Waals surface area contributed by atoms with E-state index in [-0.39, 0.29) is 5.91 Å². The van der Waals surface area contributed by atoms with Gasteiger partial charge in [0.05, 0.1) is 0 Å². The summed E-state index contributed by atoms with van der Waals surface area (Å²) >= 11 is 0. The Balaban J connectivity index is 1.81. The van der Waals surface area contributed by atoms with Crippen LogP contribution >= 0.6 is 0 Å². The number of rotatable bonds is 6. The van der Waals surface area contributed by atoms with Crippen LogP contribution in [-0.2, 0) is 6.54 Å². The van der Waals surface area contributed by atoms with Crippen LogP contribution in [0.5, 0.6) is 0 Å². The standard InChI is InChI=1S/C21H22N4O/c1-3-25(15-17-10-6-4-7-11-17)20(26)19-14-16(2)22-21(24-19)23-18-12-8-5-9-13-18/h4-14H,3,15H2,1-2H3,(H,22,23,24). The monoisotopic (exact) mass is 346 g/mol. The minimum absolute atomic E-state index is 0.0991. The highest BCUT2D eigenvalue weighted by Gasteiger charge is 2.17. The Morgan fingerprint density at radius 1 is 1.00 bits per heavy atom. The van der Waals surface area contributed by atoms with Gasteiger partial charge in [-0.05, 0) is 37.6 Å². The lowest BCUT2D eigenvalue weighted by molar-refractivity contribution is 0.0746. The van der Waals surface area contributed by atoms with Gasteiger partial charge in [-0.3, -0.25) is 4.79 Å². The average Bonchev–Trinajstić information content (AvgIpc) is 2.67. The van der Waals surface area contributed by atoms with E-state index < -0.39 is 0 Å². The van der Waals surface area contributed by atoms with Crippen molar-refractivity contribution in [2.45, 2.75) is 20.4 Å². The SMILES string of the molecule is CCN(Cc1ccccc1)C(=O)c1cc(C)nc(Nc2ccccc2)n1. The number of aromatic nitrogens is 2. The van der Waals surface area contributed by atoms with Gasteiger partial charge in [0.15, 0.2) is 0 Å². The highest BCUT2D eigenvalue weighted by Crippen LogP contribution is 2.15. The lowest BCUT2D eigenvalue weighted by Gasteiger charge is -2.21. The van der Waals surface area contributed by atoms with Gasteiger partial charge in [0.2, 0.25) is 5.95 Å². The molecule has 5 nitrogen and oxygen atoms in total. The van der Waals surface area contributed by atoms with Crippen molar-refractivity contribution in [3.05, 3.63) is 83.7 Å². The summed E-state index contributed by atoms with van der Waals surface area (Å²) in [6.07, 6.45) is 0. The van der Waals surface area contributed by atoms with Crippen LogP contribution in [0.15, 0.2) is 66.7 Å². The number of para-hydroxylation sites is 1. The summed E-state index contributed by atoms with van der Waals surface area (Å²) in [6, 6.07) is 21.4. The minimum Gasteiger partial charge on any atom is -0.333 e. The molecule has 1 aromatic heterocycles. The fourth-order valence-corrected chi connectivity index (χ4v) is 2.68.